The van der Waals surface area contributed by atoms with Crippen molar-refractivity contribution in [3.63, 3.8) is 0 Å². The van der Waals surface area contributed by atoms with Gasteiger partial charge in [-0.3, -0.25) is 4.79 Å². The van der Waals surface area contributed by atoms with Crippen LogP contribution in [0.5, 0.6) is 0 Å². The first-order valence-corrected chi connectivity index (χ1v) is 7.81. The van der Waals surface area contributed by atoms with Gasteiger partial charge in [-0.1, -0.05) is 6.07 Å². The SMILES string of the molecule is Cc1ncc(CNC(=O)Nc2ccc3c(c2)NC(=O)CC3)s1. The Hall–Kier alpha value is -2.41. The lowest BCUT2D eigenvalue weighted by Crippen LogP contribution is -2.28. The number of nitrogens with zero attached hydrogens (tertiary/aromatic N) is 1. The van der Waals surface area contributed by atoms with E-state index in [1.165, 1.54) is 0 Å². The summed E-state index contributed by atoms with van der Waals surface area (Å²) in [5, 5.41) is 9.34. The van der Waals surface area contributed by atoms with Crippen LogP contribution in [0.2, 0.25) is 0 Å². The van der Waals surface area contributed by atoms with Crippen LogP contribution in [-0.2, 0) is 17.8 Å². The molecule has 1 aromatic carbocycles. The fourth-order valence-electron chi connectivity index (χ4n) is 2.28. The standard InChI is InChI=1S/C15H16N4O2S/c1-9-16-7-12(22-9)8-17-15(21)18-11-4-2-10-3-5-14(20)19-13(10)6-11/h2,4,6-7H,3,5,8H2,1H3,(H,19,20)(H2,17,18,21). The number of fused-ring (bicyclic) bond motifs is 1. The Balaban J connectivity index is 1.59. The summed E-state index contributed by atoms with van der Waals surface area (Å²) in [4.78, 5) is 28.5. The van der Waals surface area contributed by atoms with Gasteiger partial charge in [0.05, 0.1) is 11.6 Å². The van der Waals surface area contributed by atoms with Crippen molar-refractivity contribution in [2.24, 2.45) is 0 Å². The quantitative estimate of drug-likeness (QED) is 0.814. The number of thiazole rings is 1. The number of carbonyl (C=O) groups is 2. The lowest BCUT2D eigenvalue weighted by atomic mass is 10.0. The largest absolute Gasteiger partial charge is 0.333 e. The molecule has 0 aliphatic carbocycles. The summed E-state index contributed by atoms with van der Waals surface area (Å²) < 4.78 is 0. The maximum atomic E-state index is 11.9. The summed E-state index contributed by atoms with van der Waals surface area (Å²) in [5.41, 5.74) is 2.51. The first-order chi connectivity index (χ1) is 10.6. The highest BCUT2D eigenvalue weighted by Crippen LogP contribution is 2.25. The average molecular weight is 316 g/mol. The summed E-state index contributed by atoms with van der Waals surface area (Å²) in [6.07, 6.45) is 3.00. The average Bonchev–Trinajstić information content (AvgIpc) is 2.90. The van der Waals surface area contributed by atoms with Crippen LogP contribution in [0.1, 0.15) is 21.9 Å². The third-order valence-corrected chi connectivity index (χ3v) is 4.27. The van der Waals surface area contributed by atoms with Crippen molar-refractivity contribution >= 4 is 34.6 Å². The highest BCUT2D eigenvalue weighted by molar-refractivity contribution is 7.11. The van der Waals surface area contributed by atoms with Crippen LogP contribution in [0, 0.1) is 6.92 Å². The summed E-state index contributed by atoms with van der Waals surface area (Å²) in [6, 6.07) is 5.26. The van der Waals surface area contributed by atoms with Crippen LogP contribution in [0.3, 0.4) is 0 Å². The van der Waals surface area contributed by atoms with Crippen LogP contribution in [-0.4, -0.2) is 16.9 Å². The van der Waals surface area contributed by atoms with E-state index < -0.39 is 0 Å². The second-order valence-electron chi connectivity index (χ2n) is 5.07. The molecular formula is C15H16N4O2S. The molecule has 3 amide bonds. The molecule has 0 atom stereocenters. The second-order valence-corrected chi connectivity index (χ2v) is 6.39. The molecular weight excluding hydrogens is 300 g/mol. The molecule has 1 aliphatic rings. The van der Waals surface area contributed by atoms with E-state index in [0.29, 0.717) is 18.7 Å². The number of aryl methyl sites for hydroxylation is 2. The molecule has 0 saturated heterocycles. The number of hydrogen-bond donors (Lipinski definition) is 3. The van der Waals surface area contributed by atoms with Crippen molar-refractivity contribution < 1.29 is 9.59 Å². The number of urea groups is 1. The molecule has 1 aromatic heterocycles. The van der Waals surface area contributed by atoms with Gasteiger partial charge in [-0.05, 0) is 31.0 Å². The molecule has 0 spiro atoms. The molecule has 22 heavy (non-hydrogen) atoms. The van der Waals surface area contributed by atoms with Gasteiger partial charge in [-0.25, -0.2) is 9.78 Å². The highest BCUT2D eigenvalue weighted by Gasteiger charge is 2.15. The van der Waals surface area contributed by atoms with E-state index in [4.69, 9.17) is 0 Å². The van der Waals surface area contributed by atoms with Crippen molar-refractivity contribution in [2.45, 2.75) is 26.3 Å². The summed E-state index contributed by atoms with van der Waals surface area (Å²) in [6.45, 7) is 2.37. The molecule has 0 radical (unpaired) electrons. The topological polar surface area (TPSA) is 83.1 Å². The van der Waals surface area contributed by atoms with Crippen molar-refractivity contribution in [3.05, 3.63) is 39.8 Å². The van der Waals surface area contributed by atoms with E-state index in [9.17, 15) is 9.59 Å². The molecule has 3 rings (SSSR count). The minimum absolute atomic E-state index is 0.00895. The van der Waals surface area contributed by atoms with Gasteiger partial charge in [0.15, 0.2) is 0 Å². The van der Waals surface area contributed by atoms with E-state index in [2.05, 4.69) is 20.9 Å². The molecule has 6 nitrogen and oxygen atoms in total. The zero-order chi connectivity index (χ0) is 15.5. The van der Waals surface area contributed by atoms with Crippen LogP contribution >= 0.6 is 11.3 Å². The molecule has 0 unspecified atom stereocenters. The predicted octanol–water partition coefficient (Wildman–Crippen LogP) is 2.66. The number of nitrogens with one attached hydrogen (secondary N) is 3. The van der Waals surface area contributed by atoms with Gasteiger partial charge in [0.2, 0.25) is 5.91 Å². The Labute approximate surface area is 132 Å². The molecule has 3 N–H and O–H groups in total. The van der Waals surface area contributed by atoms with Crippen LogP contribution < -0.4 is 16.0 Å². The van der Waals surface area contributed by atoms with Crippen LogP contribution in [0.25, 0.3) is 0 Å². The Kier molecular flexibility index (Phi) is 4.06. The minimum Gasteiger partial charge on any atom is -0.333 e. The molecule has 0 fully saturated rings. The molecule has 2 aromatic rings. The molecule has 1 aliphatic heterocycles. The molecule has 0 saturated carbocycles. The van der Waals surface area contributed by atoms with Crippen molar-refractivity contribution in [1.29, 1.82) is 0 Å². The van der Waals surface area contributed by atoms with Gasteiger partial charge in [0.1, 0.15) is 0 Å². The van der Waals surface area contributed by atoms with E-state index in [-0.39, 0.29) is 11.9 Å². The van der Waals surface area contributed by atoms with Gasteiger partial charge in [0, 0.05) is 28.9 Å². The Bertz CT molecular complexity index is 726. The first-order valence-electron chi connectivity index (χ1n) is 6.99. The number of anilines is 2. The van der Waals surface area contributed by atoms with E-state index in [1.807, 2.05) is 19.1 Å². The van der Waals surface area contributed by atoms with Crippen molar-refractivity contribution in [1.82, 2.24) is 10.3 Å². The lowest BCUT2D eigenvalue weighted by molar-refractivity contribution is -0.116. The number of hydrogen-bond acceptors (Lipinski definition) is 4. The highest BCUT2D eigenvalue weighted by atomic mass is 32.1. The molecule has 0 bridgehead atoms. The molecule has 7 heteroatoms. The van der Waals surface area contributed by atoms with Gasteiger partial charge in [-0.15, -0.1) is 11.3 Å². The predicted molar refractivity (Wildman–Crippen MR) is 86.1 cm³/mol. The smallest absolute Gasteiger partial charge is 0.319 e. The lowest BCUT2D eigenvalue weighted by Gasteiger charge is -2.17. The van der Waals surface area contributed by atoms with E-state index in [0.717, 1.165) is 27.6 Å². The van der Waals surface area contributed by atoms with Gasteiger partial charge in [0.25, 0.3) is 0 Å². The zero-order valence-electron chi connectivity index (χ0n) is 12.1. The van der Waals surface area contributed by atoms with Gasteiger partial charge in [-0.2, -0.15) is 0 Å². The second kappa shape index (κ2) is 6.15. The maximum Gasteiger partial charge on any atom is 0.319 e. The van der Waals surface area contributed by atoms with Crippen molar-refractivity contribution in [2.75, 3.05) is 10.6 Å². The van der Waals surface area contributed by atoms with Crippen molar-refractivity contribution in [3.8, 4) is 0 Å². The molecule has 114 valence electrons. The fraction of sp³-hybridized carbons (Fsp3) is 0.267. The van der Waals surface area contributed by atoms with Crippen LogP contribution in [0.4, 0.5) is 16.2 Å². The maximum absolute atomic E-state index is 11.9. The first kappa shape index (κ1) is 14.5. The third kappa shape index (κ3) is 3.43. The zero-order valence-corrected chi connectivity index (χ0v) is 12.9. The third-order valence-electron chi connectivity index (χ3n) is 3.36. The fourth-order valence-corrected chi connectivity index (χ4v) is 3.01. The summed E-state index contributed by atoms with van der Waals surface area (Å²) in [7, 11) is 0. The molecule has 2 heterocycles. The summed E-state index contributed by atoms with van der Waals surface area (Å²) in [5.74, 6) is 0.00895. The van der Waals surface area contributed by atoms with Gasteiger partial charge >= 0.3 is 6.03 Å². The van der Waals surface area contributed by atoms with E-state index >= 15 is 0 Å². The van der Waals surface area contributed by atoms with Crippen LogP contribution in [0.15, 0.2) is 24.4 Å². The normalized spacial score (nSPS) is 13.2. The van der Waals surface area contributed by atoms with Gasteiger partial charge < -0.3 is 16.0 Å². The van der Waals surface area contributed by atoms with E-state index in [1.54, 1.807) is 23.6 Å². The number of aromatic nitrogens is 1. The number of rotatable bonds is 3. The minimum atomic E-state index is -0.284. The Morgan fingerprint density at radius 1 is 1.41 bits per heavy atom. The Morgan fingerprint density at radius 2 is 2.27 bits per heavy atom. The monoisotopic (exact) mass is 316 g/mol. The summed E-state index contributed by atoms with van der Waals surface area (Å²) >= 11 is 1.55. The number of benzene rings is 1. The number of carbonyl (C=O) groups excluding carboxylic acids is 2. The number of amides is 3. The Morgan fingerprint density at radius 3 is 3.05 bits per heavy atom.